The summed E-state index contributed by atoms with van der Waals surface area (Å²) in [4.78, 5) is 31.7. The quantitative estimate of drug-likeness (QED) is 0.238. The number of aliphatic hydroxyl groups excluding tert-OH is 3. The number of morpholine rings is 1. The average Bonchev–Trinajstić information content (AvgIpc) is 3.71. The fourth-order valence-electron chi connectivity index (χ4n) is 6.52. The third-order valence-electron chi connectivity index (χ3n) is 8.82. The van der Waals surface area contributed by atoms with Gasteiger partial charge in [-0.25, -0.2) is 0 Å². The highest BCUT2D eigenvalue weighted by Crippen LogP contribution is 2.51. The molecule has 1 saturated heterocycles. The van der Waals surface area contributed by atoms with Crippen molar-refractivity contribution in [1.82, 2.24) is 15.1 Å². The molecule has 6 rings (SSSR count). The summed E-state index contributed by atoms with van der Waals surface area (Å²) in [5.41, 5.74) is 1.81. The Morgan fingerprint density at radius 1 is 1.09 bits per heavy atom. The number of hydrogen-bond acceptors (Lipinski definition) is 11. The van der Waals surface area contributed by atoms with Crippen LogP contribution in [-0.2, 0) is 16.1 Å². The van der Waals surface area contributed by atoms with Gasteiger partial charge in [-0.3, -0.25) is 14.5 Å². The van der Waals surface area contributed by atoms with Crippen LogP contribution < -0.4 is 19.5 Å². The zero-order chi connectivity index (χ0) is 32.4. The highest BCUT2D eigenvalue weighted by Gasteiger charge is 2.51. The summed E-state index contributed by atoms with van der Waals surface area (Å²) < 4.78 is 28.9. The van der Waals surface area contributed by atoms with Gasteiger partial charge in [0.05, 0.1) is 52.6 Å². The van der Waals surface area contributed by atoms with Gasteiger partial charge >= 0.3 is 0 Å². The zero-order valence-corrected chi connectivity index (χ0v) is 25.8. The van der Waals surface area contributed by atoms with Crippen molar-refractivity contribution in [3.05, 3.63) is 64.9 Å². The SMILES string of the molecule is COc1cc(CO)cc2c1OC1C2C(C(=O)NCCO)=CC(N(CCN2CCOCC2)C(=O)c2cc3cccc(OC)c3o2)C1O. The Hall–Kier alpha value is -4.14. The van der Waals surface area contributed by atoms with Gasteiger partial charge in [0.25, 0.3) is 5.91 Å². The van der Waals surface area contributed by atoms with Crippen molar-refractivity contribution in [2.24, 2.45) is 0 Å². The van der Waals surface area contributed by atoms with E-state index in [1.165, 1.54) is 19.1 Å². The number of nitrogens with one attached hydrogen (secondary N) is 1. The lowest BCUT2D eigenvalue weighted by atomic mass is 9.77. The summed E-state index contributed by atoms with van der Waals surface area (Å²) in [5.74, 6) is -0.437. The number of furan rings is 1. The number of aliphatic hydroxyl groups is 3. The van der Waals surface area contributed by atoms with Crippen molar-refractivity contribution in [2.75, 3.05) is 66.8 Å². The van der Waals surface area contributed by atoms with Crippen LogP contribution in [0.5, 0.6) is 17.2 Å². The molecule has 0 radical (unpaired) electrons. The molecular weight excluding hydrogens is 598 g/mol. The predicted molar refractivity (Wildman–Crippen MR) is 165 cm³/mol. The van der Waals surface area contributed by atoms with E-state index < -0.39 is 36.0 Å². The van der Waals surface area contributed by atoms with Crippen LogP contribution in [-0.4, -0.2) is 122 Å². The van der Waals surface area contributed by atoms with E-state index in [-0.39, 0.29) is 37.6 Å². The topological polar surface area (TPSA) is 163 Å². The molecule has 2 aliphatic heterocycles. The molecule has 0 saturated carbocycles. The van der Waals surface area contributed by atoms with Gasteiger partial charge < -0.3 is 48.9 Å². The van der Waals surface area contributed by atoms with E-state index in [1.54, 1.807) is 36.4 Å². The maximum Gasteiger partial charge on any atom is 0.290 e. The third-order valence-corrected chi connectivity index (χ3v) is 8.82. The summed E-state index contributed by atoms with van der Waals surface area (Å²) in [6, 6.07) is 9.39. The molecule has 2 amide bonds. The Labute approximate surface area is 265 Å². The van der Waals surface area contributed by atoms with Crippen LogP contribution in [0.4, 0.5) is 0 Å². The van der Waals surface area contributed by atoms with Crippen LogP contribution in [0.15, 0.2) is 52.5 Å². The van der Waals surface area contributed by atoms with E-state index in [2.05, 4.69) is 10.2 Å². The molecule has 13 nitrogen and oxygen atoms in total. The first-order valence-electron chi connectivity index (χ1n) is 15.3. The van der Waals surface area contributed by atoms with Crippen molar-refractivity contribution in [3.63, 3.8) is 0 Å². The summed E-state index contributed by atoms with van der Waals surface area (Å²) in [5, 5.41) is 34.8. The Morgan fingerprint density at radius 3 is 2.59 bits per heavy atom. The van der Waals surface area contributed by atoms with E-state index in [9.17, 15) is 24.9 Å². The molecule has 4 unspecified atom stereocenters. The molecule has 46 heavy (non-hydrogen) atoms. The van der Waals surface area contributed by atoms with E-state index in [0.717, 1.165) is 0 Å². The maximum atomic E-state index is 14.4. The lowest BCUT2D eigenvalue weighted by Gasteiger charge is -2.41. The number of benzene rings is 2. The Morgan fingerprint density at radius 2 is 1.87 bits per heavy atom. The molecule has 1 aliphatic carbocycles. The number of ether oxygens (including phenoxy) is 4. The second-order valence-electron chi connectivity index (χ2n) is 11.5. The molecule has 3 aromatic rings. The fourth-order valence-corrected chi connectivity index (χ4v) is 6.52. The van der Waals surface area contributed by atoms with E-state index >= 15 is 0 Å². The molecule has 1 aromatic heterocycles. The zero-order valence-electron chi connectivity index (χ0n) is 25.8. The fraction of sp³-hybridized carbons (Fsp3) is 0.455. The molecule has 13 heteroatoms. The predicted octanol–water partition coefficient (Wildman–Crippen LogP) is 1.04. The van der Waals surface area contributed by atoms with Crippen molar-refractivity contribution in [1.29, 1.82) is 0 Å². The lowest BCUT2D eigenvalue weighted by Crippen LogP contribution is -2.57. The first kappa shape index (κ1) is 31.8. The van der Waals surface area contributed by atoms with Crippen LogP contribution in [0.1, 0.15) is 27.6 Å². The molecule has 0 bridgehead atoms. The molecule has 0 spiro atoms. The minimum atomic E-state index is -1.26. The van der Waals surface area contributed by atoms with Gasteiger partial charge in [-0.2, -0.15) is 0 Å². The number of hydrogen-bond donors (Lipinski definition) is 4. The smallest absolute Gasteiger partial charge is 0.290 e. The van der Waals surface area contributed by atoms with Crippen LogP contribution >= 0.6 is 0 Å². The van der Waals surface area contributed by atoms with Gasteiger partial charge in [-0.15, -0.1) is 0 Å². The molecule has 4 atom stereocenters. The number of carbonyl (C=O) groups excluding carboxylic acids is 2. The first-order valence-corrected chi connectivity index (χ1v) is 15.3. The number of amides is 2. The number of methoxy groups -OCH3 is 2. The van der Waals surface area contributed by atoms with Crippen LogP contribution in [0.2, 0.25) is 0 Å². The second-order valence-corrected chi connectivity index (χ2v) is 11.5. The average molecular weight is 638 g/mol. The van der Waals surface area contributed by atoms with Gasteiger partial charge in [0, 0.05) is 49.2 Å². The molecule has 4 N–H and O–H groups in total. The molecular formula is C33H39N3O10. The van der Waals surface area contributed by atoms with Gasteiger partial charge in [0.1, 0.15) is 12.2 Å². The van der Waals surface area contributed by atoms with E-state index in [4.69, 9.17) is 23.4 Å². The Bertz CT molecular complexity index is 1610. The van der Waals surface area contributed by atoms with Crippen LogP contribution in [0.3, 0.4) is 0 Å². The molecule has 1 fully saturated rings. The molecule has 3 aliphatic rings. The number of nitrogens with zero attached hydrogens (tertiary/aromatic N) is 2. The van der Waals surface area contributed by atoms with Gasteiger partial charge in [-0.1, -0.05) is 12.1 Å². The normalized spacial score (nSPS) is 22.4. The third kappa shape index (κ3) is 5.92. The Kier molecular flexibility index (Phi) is 9.47. The highest BCUT2D eigenvalue weighted by atomic mass is 16.5. The monoisotopic (exact) mass is 637 g/mol. The van der Waals surface area contributed by atoms with Gasteiger partial charge in [0.15, 0.2) is 28.6 Å². The summed E-state index contributed by atoms with van der Waals surface area (Å²) in [6.45, 7) is 2.70. The molecule has 3 heterocycles. The van der Waals surface area contributed by atoms with Gasteiger partial charge in [0.2, 0.25) is 5.91 Å². The number of carbonyl (C=O) groups is 2. The Balaban J connectivity index is 1.42. The minimum Gasteiger partial charge on any atom is -0.493 e. The maximum absolute atomic E-state index is 14.4. The van der Waals surface area contributed by atoms with Gasteiger partial charge in [-0.05, 0) is 35.9 Å². The first-order chi connectivity index (χ1) is 22.4. The molecule has 246 valence electrons. The summed E-state index contributed by atoms with van der Waals surface area (Å²) in [7, 11) is 2.99. The number of rotatable bonds is 11. The highest BCUT2D eigenvalue weighted by molar-refractivity contribution is 5.99. The van der Waals surface area contributed by atoms with Crippen LogP contribution in [0.25, 0.3) is 11.0 Å². The summed E-state index contributed by atoms with van der Waals surface area (Å²) in [6.07, 6.45) is -0.617. The summed E-state index contributed by atoms with van der Waals surface area (Å²) >= 11 is 0. The van der Waals surface area contributed by atoms with Crippen LogP contribution in [0, 0.1) is 0 Å². The standard InChI is InChI=1S/C33H39N3O10/c1-42-24-5-3-4-20-16-26(45-29(20)24)33(41)36(8-7-35-9-12-44-13-10-35)23-17-22(32(40)34-6-11-37)27-21-14-19(18-38)15-25(43-2)30(21)46-31(27)28(23)39/h3-5,14-17,23,27-28,31,37-39H,6-13,18H2,1-2H3,(H,34,40). The molecule has 2 aromatic carbocycles. The number of para-hydroxylation sites is 1. The van der Waals surface area contributed by atoms with Crippen molar-refractivity contribution < 1.29 is 48.3 Å². The van der Waals surface area contributed by atoms with Crippen molar-refractivity contribution in [2.45, 2.75) is 30.8 Å². The second kappa shape index (κ2) is 13.7. The minimum absolute atomic E-state index is 0.00892. The van der Waals surface area contributed by atoms with E-state index in [1.807, 2.05) is 6.07 Å². The number of fused-ring (bicyclic) bond motifs is 4. The van der Waals surface area contributed by atoms with Crippen molar-refractivity contribution in [3.8, 4) is 17.2 Å². The largest absolute Gasteiger partial charge is 0.493 e. The lowest BCUT2D eigenvalue weighted by molar-refractivity contribution is -0.118. The van der Waals surface area contributed by atoms with E-state index in [0.29, 0.717) is 72.2 Å². The van der Waals surface area contributed by atoms with Crippen molar-refractivity contribution >= 4 is 22.8 Å².